The second-order valence-electron chi connectivity index (χ2n) is 6.66. The zero-order valence-corrected chi connectivity index (χ0v) is 15.7. The van der Waals surface area contributed by atoms with Crippen molar-refractivity contribution in [3.8, 4) is 22.9 Å². The summed E-state index contributed by atoms with van der Waals surface area (Å²) in [5.41, 5.74) is 0.958. The van der Waals surface area contributed by atoms with Gasteiger partial charge in [-0.3, -0.25) is 4.90 Å². The third-order valence-corrected chi connectivity index (χ3v) is 5.80. The first-order valence-corrected chi connectivity index (χ1v) is 9.77. The fourth-order valence-corrected chi connectivity index (χ4v) is 4.42. The quantitative estimate of drug-likeness (QED) is 0.734. The molecular weight excluding hydrogens is 346 g/mol. The van der Waals surface area contributed by atoms with Crippen LogP contribution < -0.4 is 4.74 Å². The van der Waals surface area contributed by atoms with Gasteiger partial charge in [0.25, 0.3) is 0 Å². The Kier molecular flexibility index (Phi) is 4.95. The molecule has 2 aromatic heterocycles. The molecule has 0 amide bonds. The van der Waals surface area contributed by atoms with E-state index in [4.69, 9.17) is 4.74 Å². The second kappa shape index (κ2) is 7.51. The molecule has 1 saturated heterocycles. The Labute approximate surface area is 157 Å². The topological polar surface area (TPSA) is 50.5 Å². The van der Waals surface area contributed by atoms with Crippen molar-refractivity contribution < 1.29 is 9.84 Å². The predicted molar refractivity (Wildman–Crippen MR) is 104 cm³/mol. The van der Waals surface area contributed by atoms with Gasteiger partial charge in [0.2, 0.25) is 0 Å². The first kappa shape index (κ1) is 17.1. The zero-order valence-electron chi connectivity index (χ0n) is 14.8. The number of hydrogen-bond acceptors (Lipinski definition) is 5. The Balaban J connectivity index is 1.56. The van der Waals surface area contributed by atoms with Crippen molar-refractivity contribution in [3.05, 3.63) is 53.0 Å². The average molecular weight is 369 g/mol. The van der Waals surface area contributed by atoms with Gasteiger partial charge in [-0.2, -0.15) is 0 Å². The molecule has 1 N–H and O–H groups in total. The van der Waals surface area contributed by atoms with Crippen LogP contribution in [-0.4, -0.2) is 39.8 Å². The van der Waals surface area contributed by atoms with Gasteiger partial charge in [0, 0.05) is 42.0 Å². The molecule has 1 fully saturated rings. The van der Waals surface area contributed by atoms with Crippen molar-refractivity contribution in [2.75, 3.05) is 20.2 Å². The fourth-order valence-electron chi connectivity index (χ4n) is 3.67. The summed E-state index contributed by atoms with van der Waals surface area (Å²) in [6, 6.07) is 10.1. The summed E-state index contributed by atoms with van der Waals surface area (Å²) in [4.78, 5) is 8.52. The molecule has 0 saturated carbocycles. The molecule has 6 heteroatoms. The van der Waals surface area contributed by atoms with Crippen LogP contribution in [-0.2, 0) is 6.54 Å². The van der Waals surface area contributed by atoms with Gasteiger partial charge in [-0.25, -0.2) is 4.98 Å². The zero-order chi connectivity index (χ0) is 17.9. The van der Waals surface area contributed by atoms with Crippen LogP contribution in [0.4, 0.5) is 0 Å². The van der Waals surface area contributed by atoms with Crippen LogP contribution >= 0.6 is 11.3 Å². The second-order valence-corrected chi connectivity index (χ2v) is 7.69. The standard InChI is InChI=1S/C20H23N3O2S/c1-25-19-12-15(6-7-18(19)24)20-21-8-10-23(20)16-4-2-9-22(13-16)14-17-5-3-11-26-17/h3,5-8,10-12,16,24H,2,4,9,13-14H2,1H3. The molecule has 1 aliphatic heterocycles. The summed E-state index contributed by atoms with van der Waals surface area (Å²) in [6.45, 7) is 3.19. The van der Waals surface area contributed by atoms with Crippen molar-refractivity contribution in [2.24, 2.45) is 0 Å². The summed E-state index contributed by atoms with van der Waals surface area (Å²) in [5, 5.41) is 12.0. The minimum absolute atomic E-state index is 0.147. The summed E-state index contributed by atoms with van der Waals surface area (Å²) in [5.74, 6) is 1.54. The van der Waals surface area contributed by atoms with Crippen LogP contribution in [0.25, 0.3) is 11.4 Å². The smallest absolute Gasteiger partial charge is 0.161 e. The molecule has 3 aromatic rings. The first-order valence-electron chi connectivity index (χ1n) is 8.89. The summed E-state index contributed by atoms with van der Waals surface area (Å²) < 4.78 is 7.52. The van der Waals surface area contributed by atoms with Crippen molar-refractivity contribution >= 4 is 11.3 Å². The van der Waals surface area contributed by atoms with E-state index in [0.717, 1.165) is 37.4 Å². The Hall–Kier alpha value is -2.31. The van der Waals surface area contributed by atoms with Gasteiger partial charge in [0.15, 0.2) is 11.5 Å². The van der Waals surface area contributed by atoms with Crippen LogP contribution in [0, 0.1) is 0 Å². The number of phenolic OH excluding ortho intramolecular Hbond substituents is 1. The van der Waals surface area contributed by atoms with E-state index in [1.54, 1.807) is 13.2 Å². The molecule has 0 bridgehead atoms. The molecule has 26 heavy (non-hydrogen) atoms. The number of piperidine rings is 1. The third kappa shape index (κ3) is 3.48. The van der Waals surface area contributed by atoms with E-state index in [2.05, 4.69) is 38.2 Å². The van der Waals surface area contributed by atoms with Crippen molar-refractivity contribution in [1.82, 2.24) is 14.5 Å². The number of benzene rings is 1. The largest absolute Gasteiger partial charge is 0.504 e. The molecule has 1 unspecified atom stereocenters. The van der Waals surface area contributed by atoms with Gasteiger partial charge < -0.3 is 14.4 Å². The Morgan fingerprint density at radius 1 is 1.35 bits per heavy atom. The van der Waals surface area contributed by atoms with Gasteiger partial charge in [0.05, 0.1) is 7.11 Å². The third-order valence-electron chi connectivity index (χ3n) is 4.94. The number of thiophene rings is 1. The fraction of sp³-hybridized carbons (Fsp3) is 0.350. The molecule has 1 aliphatic rings. The lowest BCUT2D eigenvalue weighted by atomic mass is 10.0. The highest BCUT2D eigenvalue weighted by Gasteiger charge is 2.24. The first-order chi connectivity index (χ1) is 12.7. The number of likely N-dealkylation sites (tertiary alicyclic amines) is 1. The number of rotatable bonds is 5. The monoisotopic (exact) mass is 369 g/mol. The number of ether oxygens (including phenoxy) is 1. The molecule has 1 aromatic carbocycles. The summed E-state index contributed by atoms with van der Waals surface area (Å²) in [7, 11) is 1.56. The van der Waals surface area contributed by atoms with Crippen LogP contribution in [0.15, 0.2) is 48.1 Å². The van der Waals surface area contributed by atoms with Crippen LogP contribution in [0.1, 0.15) is 23.8 Å². The molecule has 0 aliphatic carbocycles. The van der Waals surface area contributed by atoms with Gasteiger partial charge in [0.1, 0.15) is 5.82 Å². The van der Waals surface area contributed by atoms with Crippen LogP contribution in [0.2, 0.25) is 0 Å². The molecule has 136 valence electrons. The molecular formula is C20H23N3O2S. The number of methoxy groups -OCH3 is 1. The number of aromatic nitrogens is 2. The van der Waals surface area contributed by atoms with Crippen molar-refractivity contribution in [1.29, 1.82) is 0 Å². The molecule has 0 radical (unpaired) electrons. The number of hydrogen-bond donors (Lipinski definition) is 1. The Morgan fingerprint density at radius 2 is 2.27 bits per heavy atom. The number of phenols is 1. The maximum atomic E-state index is 9.85. The maximum absolute atomic E-state index is 9.85. The van der Waals surface area contributed by atoms with Crippen molar-refractivity contribution in [3.63, 3.8) is 0 Å². The van der Waals surface area contributed by atoms with Gasteiger partial charge in [-0.15, -0.1) is 11.3 Å². The lowest BCUT2D eigenvalue weighted by Crippen LogP contribution is -2.36. The highest BCUT2D eigenvalue weighted by Crippen LogP contribution is 2.33. The van der Waals surface area contributed by atoms with E-state index < -0.39 is 0 Å². The number of imidazole rings is 1. The maximum Gasteiger partial charge on any atom is 0.161 e. The highest BCUT2D eigenvalue weighted by molar-refractivity contribution is 7.09. The van der Waals surface area contributed by atoms with E-state index in [0.29, 0.717) is 11.8 Å². The molecule has 5 nitrogen and oxygen atoms in total. The predicted octanol–water partition coefficient (Wildman–Crippen LogP) is 4.16. The minimum Gasteiger partial charge on any atom is -0.504 e. The van der Waals surface area contributed by atoms with E-state index in [-0.39, 0.29) is 5.75 Å². The average Bonchev–Trinajstić information content (AvgIpc) is 3.34. The lowest BCUT2D eigenvalue weighted by molar-refractivity contribution is 0.172. The molecule has 3 heterocycles. The van der Waals surface area contributed by atoms with Crippen LogP contribution in [0.3, 0.4) is 0 Å². The van der Waals surface area contributed by atoms with Gasteiger partial charge >= 0.3 is 0 Å². The number of nitrogens with zero attached hydrogens (tertiary/aromatic N) is 3. The van der Waals surface area contributed by atoms with E-state index in [9.17, 15) is 5.11 Å². The van der Waals surface area contributed by atoms with Crippen molar-refractivity contribution in [2.45, 2.75) is 25.4 Å². The van der Waals surface area contributed by atoms with Crippen LogP contribution in [0.5, 0.6) is 11.5 Å². The minimum atomic E-state index is 0.147. The normalized spacial score (nSPS) is 18.1. The van der Waals surface area contributed by atoms with E-state index in [1.165, 1.54) is 11.3 Å². The summed E-state index contributed by atoms with van der Waals surface area (Å²) in [6.07, 6.45) is 6.26. The van der Waals surface area contributed by atoms with E-state index >= 15 is 0 Å². The van der Waals surface area contributed by atoms with E-state index in [1.807, 2.05) is 29.7 Å². The lowest BCUT2D eigenvalue weighted by Gasteiger charge is -2.33. The SMILES string of the molecule is COc1cc(-c2nccn2C2CCCN(Cc3cccs3)C2)ccc1O. The Bertz CT molecular complexity index is 860. The van der Waals surface area contributed by atoms with Gasteiger partial charge in [-0.05, 0) is 49.0 Å². The number of aromatic hydroxyl groups is 1. The summed E-state index contributed by atoms with van der Waals surface area (Å²) >= 11 is 1.82. The molecule has 4 rings (SSSR count). The Morgan fingerprint density at radius 3 is 3.08 bits per heavy atom. The molecule has 0 spiro atoms. The van der Waals surface area contributed by atoms with Gasteiger partial charge in [-0.1, -0.05) is 6.07 Å². The molecule has 1 atom stereocenters. The highest BCUT2D eigenvalue weighted by atomic mass is 32.1.